The molecule has 3 heteroatoms. The molecule has 0 aromatic heterocycles. The predicted octanol–water partition coefficient (Wildman–Crippen LogP) is 4.16. The van der Waals surface area contributed by atoms with E-state index in [0.29, 0.717) is 5.56 Å². The van der Waals surface area contributed by atoms with E-state index in [1.54, 1.807) is 30.3 Å². The van der Waals surface area contributed by atoms with Crippen molar-refractivity contribution in [1.82, 2.24) is 0 Å². The molecular weight excluding hydrogens is 225 g/mol. The number of hydrogen-bond acceptors (Lipinski definition) is 0. The molecule has 0 atom stereocenters. The molecule has 88 valence electrons. The first-order chi connectivity index (χ1) is 8.08. The van der Waals surface area contributed by atoms with Crippen molar-refractivity contribution in [3.8, 4) is 0 Å². The summed E-state index contributed by atoms with van der Waals surface area (Å²) < 4.78 is 40.6. The molecule has 0 aliphatic rings. The zero-order chi connectivity index (χ0) is 12.3. The second-order valence-electron chi connectivity index (χ2n) is 3.88. The van der Waals surface area contributed by atoms with Gasteiger partial charge < -0.3 is 0 Å². The van der Waals surface area contributed by atoms with Gasteiger partial charge in [-0.3, -0.25) is 0 Å². The average Bonchev–Trinajstić information content (AvgIpc) is 2.30. The van der Waals surface area contributed by atoms with E-state index >= 15 is 0 Å². The Morgan fingerprint density at radius 1 is 0.882 bits per heavy atom. The van der Waals surface area contributed by atoms with Crippen molar-refractivity contribution in [1.29, 1.82) is 0 Å². The molecule has 0 aliphatic carbocycles. The maximum atomic E-state index is 13.9. The van der Waals surface area contributed by atoms with Gasteiger partial charge in [0.05, 0.1) is 0 Å². The number of hydrogen-bond donors (Lipinski definition) is 0. The van der Waals surface area contributed by atoms with Crippen LogP contribution < -0.4 is 0 Å². The maximum absolute atomic E-state index is 13.9. The summed E-state index contributed by atoms with van der Waals surface area (Å²) in [4.78, 5) is 0. The van der Waals surface area contributed by atoms with Crippen molar-refractivity contribution in [3.63, 3.8) is 0 Å². The largest absolute Gasteiger partial charge is 0.277 e. The maximum Gasteiger partial charge on any atom is 0.277 e. The van der Waals surface area contributed by atoms with Gasteiger partial charge in [-0.2, -0.15) is 0 Å². The first-order valence-electron chi connectivity index (χ1n) is 5.26. The molecule has 0 spiro atoms. The standard InChI is InChI=1S/C14H11F3/c15-13-8-4-7-12(9-13)14(16,17)10-11-5-2-1-3-6-11/h1-9H,10H2. The lowest BCUT2D eigenvalue weighted by molar-refractivity contribution is -0.00411. The van der Waals surface area contributed by atoms with Crippen LogP contribution >= 0.6 is 0 Å². The third-order valence-electron chi connectivity index (χ3n) is 2.52. The lowest BCUT2D eigenvalue weighted by Crippen LogP contribution is -2.17. The van der Waals surface area contributed by atoms with Crippen LogP contribution in [0.2, 0.25) is 0 Å². The van der Waals surface area contributed by atoms with E-state index in [2.05, 4.69) is 0 Å². The summed E-state index contributed by atoms with van der Waals surface area (Å²) in [6.07, 6.45) is -0.419. The second-order valence-corrected chi connectivity index (χ2v) is 3.88. The van der Waals surface area contributed by atoms with E-state index < -0.39 is 18.2 Å². The Hall–Kier alpha value is -1.77. The monoisotopic (exact) mass is 236 g/mol. The van der Waals surface area contributed by atoms with Gasteiger partial charge in [0, 0.05) is 12.0 Å². The molecule has 0 amide bonds. The van der Waals surface area contributed by atoms with Crippen molar-refractivity contribution < 1.29 is 13.2 Å². The molecule has 2 aromatic carbocycles. The molecule has 2 rings (SSSR count). The minimum atomic E-state index is -3.05. The van der Waals surface area contributed by atoms with E-state index in [9.17, 15) is 13.2 Å². The first kappa shape index (κ1) is 11.7. The molecule has 0 fully saturated rings. The number of benzene rings is 2. The quantitative estimate of drug-likeness (QED) is 0.750. The van der Waals surface area contributed by atoms with Crippen LogP contribution in [-0.2, 0) is 12.3 Å². The zero-order valence-electron chi connectivity index (χ0n) is 9.04. The highest BCUT2D eigenvalue weighted by Crippen LogP contribution is 2.32. The minimum Gasteiger partial charge on any atom is -0.207 e. The Balaban J connectivity index is 2.25. The molecule has 17 heavy (non-hydrogen) atoms. The van der Waals surface area contributed by atoms with Crippen LogP contribution in [0.25, 0.3) is 0 Å². The molecule has 2 aromatic rings. The highest BCUT2D eigenvalue weighted by Gasteiger charge is 2.31. The van der Waals surface area contributed by atoms with E-state index in [0.717, 1.165) is 12.1 Å². The van der Waals surface area contributed by atoms with Crippen LogP contribution in [0.15, 0.2) is 54.6 Å². The number of halogens is 3. The Bertz CT molecular complexity index is 492. The normalized spacial score (nSPS) is 11.5. The fourth-order valence-corrected chi connectivity index (χ4v) is 1.67. The third-order valence-corrected chi connectivity index (χ3v) is 2.52. The van der Waals surface area contributed by atoms with Gasteiger partial charge in [0.15, 0.2) is 0 Å². The summed E-state index contributed by atoms with van der Waals surface area (Å²) in [6.45, 7) is 0. The van der Waals surface area contributed by atoms with Crippen molar-refractivity contribution >= 4 is 0 Å². The zero-order valence-corrected chi connectivity index (χ0v) is 9.04. The van der Waals surface area contributed by atoms with Gasteiger partial charge in [0.2, 0.25) is 0 Å². The Kier molecular flexibility index (Phi) is 3.18. The molecule has 0 saturated carbocycles. The van der Waals surface area contributed by atoms with Crippen LogP contribution in [-0.4, -0.2) is 0 Å². The van der Waals surface area contributed by atoms with Gasteiger partial charge in [0.1, 0.15) is 5.82 Å². The molecule has 0 nitrogen and oxygen atoms in total. The molecule has 0 bridgehead atoms. The van der Waals surface area contributed by atoms with Gasteiger partial charge in [-0.25, -0.2) is 13.2 Å². The van der Waals surface area contributed by atoms with Crippen molar-refractivity contribution in [3.05, 3.63) is 71.5 Å². The van der Waals surface area contributed by atoms with Gasteiger partial charge in [0.25, 0.3) is 5.92 Å². The molecular formula is C14H11F3. The summed E-state index contributed by atoms with van der Waals surface area (Å²) >= 11 is 0. The Labute approximate surface area is 97.7 Å². The van der Waals surface area contributed by atoms with Crippen LogP contribution in [0.3, 0.4) is 0 Å². The van der Waals surface area contributed by atoms with Crippen LogP contribution in [0.5, 0.6) is 0 Å². The van der Waals surface area contributed by atoms with E-state index in [4.69, 9.17) is 0 Å². The van der Waals surface area contributed by atoms with E-state index in [1.165, 1.54) is 12.1 Å². The highest BCUT2D eigenvalue weighted by molar-refractivity contribution is 5.25. The van der Waals surface area contributed by atoms with Gasteiger partial charge in [-0.05, 0) is 17.7 Å². The summed E-state index contributed by atoms with van der Waals surface area (Å²) in [5.41, 5.74) is 0.239. The summed E-state index contributed by atoms with van der Waals surface area (Å²) in [5.74, 6) is -3.70. The van der Waals surface area contributed by atoms with Crippen LogP contribution in [0.1, 0.15) is 11.1 Å². The smallest absolute Gasteiger partial charge is 0.207 e. The topological polar surface area (TPSA) is 0 Å². The van der Waals surface area contributed by atoms with Crippen LogP contribution in [0.4, 0.5) is 13.2 Å². The fourth-order valence-electron chi connectivity index (χ4n) is 1.67. The van der Waals surface area contributed by atoms with Crippen molar-refractivity contribution in [2.75, 3.05) is 0 Å². The molecule has 0 N–H and O–H groups in total. The number of alkyl halides is 2. The first-order valence-corrected chi connectivity index (χ1v) is 5.26. The minimum absolute atomic E-state index is 0.290. The van der Waals surface area contributed by atoms with Crippen molar-refractivity contribution in [2.24, 2.45) is 0 Å². The molecule has 0 aliphatic heterocycles. The summed E-state index contributed by atoms with van der Waals surface area (Å²) in [5, 5.41) is 0. The molecule has 0 unspecified atom stereocenters. The Morgan fingerprint density at radius 3 is 2.24 bits per heavy atom. The third kappa shape index (κ3) is 2.87. The second kappa shape index (κ2) is 4.62. The van der Waals surface area contributed by atoms with Gasteiger partial charge in [-0.15, -0.1) is 0 Å². The average molecular weight is 236 g/mol. The van der Waals surface area contributed by atoms with E-state index in [1.807, 2.05) is 0 Å². The van der Waals surface area contributed by atoms with E-state index in [-0.39, 0.29) is 5.56 Å². The number of rotatable bonds is 3. The summed E-state index contributed by atoms with van der Waals surface area (Å²) in [7, 11) is 0. The Morgan fingerprint density at radius 2 is 1.59 bits per heavy atom. The fraction of sp³-hybridized carbons (Fsp3) is 0.143. The van der Waals surface area contributed by atoms with Crippen LogP contribution in [0, 0.1) is 5.82 Å². The van der Waals surface area contributed by atoms with Gasteiger partial charge in [-0.1, -0.05) is 42.5 Å². The molecule has 0 radical (unpaired) electrons. The predicted molar refractivity (Wildman–Crippen MR) is 60.4 cm³/mol. The van der Waals surface area contributed by atoms with Gasteiger partial charge >= 0.3 is 0 Å². The van der Waals surface area contributed by atoms with Crippen molar-refractivity contribution in [2.45, 2.75) is 12.3 Å². The SMILES string of the molecule is Fc1cccc(C(F)(F)Cc2ccccc2)c1. The lowest BCUT2D eigenvalue weighted by atomic mass is 10.0. The molecule has 0 heterocycles. The molecule has 0 saturated heterocycles. The highest BCUT2D eigenvalue weighted by atomic mass is 19.3. The summed E-state index contributed by atoms with van der Waals surface area (Å²) in [6, 6.07) is 13.0. The lowest BCUT2D eigenvalue weighted by Gasteiger charge is -2.16.